The SMILES string of the molecule is Cc1ccc(S(=O)(=O)N2[C@@H]([C@H]3COC(C)(C)O3)[C@@H]2CO)cc1. The smallest absolute Gasteiger partial charge is 0.243 e. The molecule has 7 heteroatoms. The van der Waals surface area contributed by atoms with E-state index in [4.69, 9.17) is 9.47 Å². The number of sulfonamides is 1. The summed E-state index contributed by atoms with van der Waals surface area (Å²) in [6.45, 7) is 5.59. The third-order valence-electron chi connectivity index (χ3n) is 4.12. The summed E-state index contributed by atoms with van der Waals surface area (Å²) in [5.74, 6) is -0.716. The van der Waals surface area contributed by atoms with Crippen LogP contribution in [0.2, 0.25) is 0 Å². The highest BCUT2D eigenvalue weighted by molar-refractivity contribution is 7.89. The molecule has 1 aromatic rings. The van der Waals surface area contributed by atoms with Crippen LogP contribution in [0.1, 0.15) is 19.4 Å². The molecule has 4 atom stereocenters. The minimum Gasteiger partial charge on any atom is -0.395 e. The van der Waals surface area contributed by atoms with Crippen LogP contribution in [-0.4, -0.2) is 55.0 Å². The van der Waals surface area contributed by atoms with Gasteiger partial charge in [0.1, 0.15) is 6.10 Å². The lowest BCUT2D eigenvalue weighted by Gasteiger charge is -2.17. The number of nitrogens with zero attached hydrogens (tertiary/aromatic N) is 1. The van der Waals surface area contributed by atoms with E-state index in [1.54, 1.807) is 38.1 Å². The Morgan fingerprint density at radius 2 is 1.95 bits per heavy atom. The Bertz CT molecular complexity index is 655. The summed E-state index contributed by atoms with van der Waals surface area (Å²) in [6, 6.07) is 5.87. The summed E-state index contributed by atoms with van der Waals surface area (Å²) >= 11 is 0. The number of hydrogen-bond donors (Lipinski definition) is 1. The standard InChI is InChI=1S/C15H21NO5S/c1-10-4-6-11(7-5-10)22(18,19)16-12(8-17)14(16)13-9-20-15(2,3)21-13/h4-7,12-14,17H,8-9H2,1-3H3/t12-,13+,14+,16?/m0/s1. The first-order valence-corrected chi connectivity index (χ1v) is 8.73. The fraction of sp³-hybridized carbons (Fsp3) is 0.600. The van der Waals surface area contributed by atoms with E-state index in [0.717, 1.165) is 5.56 Å². The van der Waals surface area contributed by atoms with Crippen molar-refractivity contribution in [3.05, 3.63) is 29.8 Å². The fourth-order valence-electron chi connectivity index (χ4n) is 2.93. The summed E-state index contributed by atoms with van der Waals surface area (Å²) in [4.78, 5) is 0.234. The highest BCUT2D eigenvalue weighted by atomic mass is 32.2. The van der Waals surface area contributed by atoms with Crippen LogP contribution >= 0.6 is 0 Å². The van der Waals surface area contributed by atoms with Crippen LogP contribution in [0.4, 0.5) is 0 Å². The van der Waals surface area contributed by atoms with Crippen LogP contribution < -0.4 is 0 Å². The first-order chi connectivity index (χ1) is 10.3. The molecular weight excluding hydrogens is 306 g/mol. The van der Waals surface area contributed by atoms with Crippen LogP contribution in [0, 0.1) is 6.92 Å². The lowest BCUT2D eigenvalue weighted by atomic mass is 10.2. The van der Waals surface area contributed by atoms with Crippen LogP contribution in [0.3, 0.4) is 0 Å². The van der Waals surface area contributed by atoms with Crippen molar-refractivity contribution in [1.29, 1.82) is 0 Å². The van der Waals surface area contributed by atoms with Crippen molar-refractivity contribution in [2.24, 2.45) is 0 Å². The molecule has 0 amide bonds. The van der Waals surface area contributed by atoms with Gasteiger partial charge in [-0.25, -0.2) is 8.42 Å². The quantitative estimate of drug-likeness (QED) is 0.831. The molecule has 0 saturated carbocycles. The number of aliphatic hydroxyl groups excluding tert-OH is 1. The highest BCUT2D eigenvalue weighted by Crippen LogP contribution is 2.42. The highest BCUT2D eigenvalue weighted by Gasteiger charge is 2.61. The number of benzene rings is 1. The molecule has 3 rings (SSSR count). The van der Waals surface area contributed by atoms with Crippen molar-refractivity contribution in [3.8, 4) is 0 Å². The number of hydrogen-bond acceptors (Lipinski definition) is 5. The zero-order valence-corrected chi connectivity index (χ0v) is 13.7. The van der Waals surface area contributed by atoms with Gasteiger partial charge in [-0.05, 0) is 32.9 Å². The lowest BCUT2D eigenvalue weighted by Crippen LogP contribution is -2.28. The molecular formula is C15H21NO5S. The Morgan fingerprint density at radius 1 is 1.32 bits per heavy atom. The molecule has 2 saturated heterocycles. The van der Waals surface area contributed by atoms with Crippen LogP contribution in [-0.2, 0) is 19.5 Å². The maximum atomic E-state index is 12.7. The predicted molar refractivity (Wildman–Crippen MR) is 79.8 cm³/mol. The van der Waals surface area contributed by atoms with Gasteiger partial charge < -0.3 is 14.6 Å². The number of rotatable bonds is 4. The van der Waals surface area contributed by atoms with Gasteiger partial charge in [0.2, 0.25) is 10.0 Å². The molecule has 22 heavy (non-hydrogen) atoms. The Kier molecular flexibility index (Phi) is 3.81. The second kappa shape index (κ2) is 5.28. The van der Waals surface area contributed by atoms with Gasteiger partial charge in [0.25, 0.3) is 0 Å². The summed E-state index contributed by atoms with van der Waals surface area (Å²) in [6.07, 6.45) is -0.354. The maximum absolute atomic E-state index is 12.7. The van der Waals surface area contributed by atoms with Gasteiger partial charge in [0, 0.05) is 0 Å². The van der Waals surface area contributed by atoms with Gasteiger partial charge in [-0.2, -0.15) is 4.31 Å². The molecule has 1 unspecified atom stereocenters. The van der Waals surface area contributed by atoms with Crippen LogP contribution in [0.25, 0.3) is 0 Å². The molecule has 6 nitrogen and oxygen atoms in total. The average molecular weight is 327 g/mol. The van der Waals surface area contributed by atoms with Gasteiger partial charge >= 0.3 is 0 Å². The van der Waals surface area contributed by atoms with E-state index in [9.17, 15) is 13.5 Å². The minimum absolute atomic E-state index is 0.226. The van der Waals surface area contributed by atoms with Crippen LogP contribution in [0.15, 0.2) is 29.2 Å². The molecule has 2 heterocycles. The fourth-order valence-corrected chi connectivity index (χ4v) is 4.74. The Balaban J connectivity index is 1.83. The van der Waals surface area contributed by atoms with Crippen molar-refractivity contribution in [2.75, 3.05) is 13.2 Å². The van der Waals surface area contributed by atoms with E-state index in [-0.39, 0.29) is 23.6 Å². The predicted octanol–water partition coefficient (Wildman–Crippen LogP) is 0.880. The van der Waals surface area contributed by atoms with E-state index in [0.29, 0.717) is 6.61 Å². The normalized spacial score (nSPS) is 33.8. The van der Waals surface area contributed by atoms with E-state index in [1.165, 1.54) is 4.31 Å². The summed E-state index contributed by atoms with van der Waals surface area (Å²) in [7, 11) is -3.63. The number of aliphatic hydroxyl groups is 1. The van der Waals surface area contributed by atoms with E-state index in [2.05, 4.69) is 0 Å². The summed E-state index contributed by atoms with van der Waals surface area (Å²) in [5, 5.41) is 9.49. The molecule has 0 aliphatic carbocycles. The molecule has 1 N–H and O–H groups in total. The van der Waals surface area contributed by atoms with Gasteiger partial charge in [-0.3, -0.25) is 0 Å². The third-order valence-corrected chi connectivity index (χ3v) is 6.06. The number of ether oxygens (including phenoxy) is 2. The number of aryl methyl sites for hydroxylation is 1. The second-order valence-corrected chi connectivity index (χ2v) is 8.10. The molecule has 1 aromatic carbocycles. The van der Waals surface area contributed by atoms with Gasteiger partial charge in [0.05, 0.1) is 30.2 Å². The van der Waals surface area contributed by atoms with E-state index >= 15 is 0 Å². The van der Waals surface area contributed by atoms with Gasteiger partial charge in [-0.1, -0.05) is 17.7 Å². The maximum Gasteiger partial charge on any atom is 0.243 e. The molecule has 0 aromatic heterocycles. The first kappa shape index (κ1) is 15.9. The lowest BCUT2D eigenvalue weighted by molar-refractivity contribution is -0.138. The molecule has 0 bridgehead atoms. The minimum atomic E-state index is -3.63. The van der Waals surface area contributed by atoms with Gasteiger partial charge in [-0.15, -0.1) is 0 Å². The van der Waals surface area contributed by atoms with Crippen LogP contribution in [0.5, 0.6) is 0 Å². The molecule has 0 radical (unpaired) electrons. The van der Waals surface area contributed by atoms with Gasteiger partial charge in [0.15, 0.2) is 5.79 Å². The average Bonchev–Trinajstić information content (AvgIpc) is 3.10. The molecule has 2 fully saturated rings. The van der Waals surface area contributed by atoms with Crippen molar-refractivity contribution in [3.63, 3.8) is 0 Å². The Hall–Kier alpha value is -0.990. The molecule has 122 valence electrons. The Labute approximate surface area is 130 Å². The zero-order chi connectivity index (χ0) is 16.1. The molecule has 2 aliphatic rings. The molecule has 2 aliphatic heterocycles. The topological polar surface area (TPSA) is 75.8 Å². The molecule has 0 spiro atoms. The second-order valence-electron chi connectivity index (χ2n) is 6.26. The zero-order valence-electron chi connectivity index (χ0n) is 12.9. The van der Waals surface area contributed by atoms with Crippen molar-refractivity contribution in [2.45, 2.75) is 49.6 Å². The Morgan fingerprint density at radius 3 is 2.45 bits per heavy atom. The van der Waals surface area contributed by atoms with Crippen molar-refractivity contribution in [1.82, 2.24) is 4.31 Å². The van der Waals surface area contributed by atoms with E-state index < -0.39 is 21.9 Å². The van der Waals surface area contributed by atoms with Crippen molar-refractivity contribution < 1.29 is 23.0 Å². The largest absolute Gasteiger partial charge is 0.395 e. The third kappa shape index (κ3) is 2.68. The first-order valence-electron chi connectivity index (χ1n) is 7.29. The van der Waals surface area contributed by atoms with E-state index in [1.807, 2.05) is 6.92 Å². The monoisotopic (exact) mass is 327 g/mol. The summed E-state index contributed by atoms with van der Waals surface area (Å²) < 4.78 is 38.0. The van der Waals surface area contributed by atoms with Crippen molar-refractivity contribution >= 4 is 10.0 Å². The summed E-state index contributed by atoms with van der Waals surface area (Å²) in [5.41, 5.74) is 0.995.